The number of hydrogen-bond acceptors (Lipinski definition) is 4. The number of nitrogens with one attached hydrogen (secondary N) is 2. The Bertz CT molecular complexity index is 1050. The maximum absolute atomic E-state index is 12.6. The molecule has 0 saturated carbocycles. The van der Waals surface area contributed by atoms with Crippen LogP contribution in [0.5, 0.6) is 17.4 Å². The Kier molecular flexibility index (Phi) is 6.47. The first kappa shape index (κ1) is 21.5. The van der Waals surface area contributed by atoms with Gasteiger partial charge in [-0.1, -0.05) is 50.6 Å². The predicted molar refractivity (Wildman–Crippen MR) is 120 cm³/mol. The number of benzene rings is 2. The molecule has 0 saturated heterocycles. The first-order chi connectivity index (χ1) is 14.3. The lowest BCUT2D eigenvalue weighted by molar-refractivity contribution is 0.262. The number of rotatable bonds is 5. The van der Waals surface area contributed by atoms with Crippen molar-refractivity contribution in [1.82, 2.24) is 4.98 Å². The second kappa shape index (κ2) is 9.05. The van der Waals surface area contributed by atoms with Crippen molar-refractivity contribution in [3.63, 3.8) is 0 Å². The van der Waals surface area contributed by atoms with Gasteiger partial charge in [-0.3, -0.25) is 0 Å². The van der Waals surface area contributed by atoms with E-state index in [1.54, 1.807) is 36.5 Å². The van der Waals surface area contributed by atoms with Gasteiger partial charge in [0.25, 0.3) is 0 Å². The number of pyridine rings is 1. The molecule has 2 N–H and O–H groups in total. The van der Waals surface area contributed by atoms with Crippen molar-refractivity contribution in [2.75, 3.05) is 17.7 Å². The molecule has 0 unspecified atom stereocenters. The molecule has 7 heteroatoms. The topological polar surface area (TPSA) is 72.5 Å². The van der Waals surface area contributed by atoms with Gasteiger partial charge < -0.3 is 20.1 Å². The molecule has 3 rings (SSSR count). The van der Waals surface area contributed by atoms with Gasteiger partial charge in [0.05, 0.1) is 12.8 Å². The summed E-state index contributed by atoms with van der Waals surface area (Å²) >= 11 is 6.03. The number of halogens is 1. The lowest BCUT2D eigenvalue weighted by Gasteiger charge is -2.22. The summed E-state index contributed by atoms with van der Waals surface area (Å²) in [5, 5.41) is 5.99. The van der Waals surface area contributed by atoms with E-state index >= 15 is 0 Å². The number of amides is 2. The average molecular weight is 426 g/mol. The van der Waals surface area contributed by atoms with Crippen LogP contribution in [0.4, 0.5) is 16.2 Å². The Balaban J connectivity index is 1.82. The summed E-state index contributed by atoms with van der Waals surface area (Å²) in [6.07, 6.45) is 1.61. The van der Waals surface area contributed by atoms with Gasteiger partial charge in [-0.25, -0.2) is 9.78 Å². The number of carbonyl (C=O) groups excluding carboxylic acids is 1. The van der Waals surface area contributed by atoms with E-state index in [2.05, 4.69) is 36.4 Å². The van der Waals surface area contributed by atoms with Crippen molar-refractivity contribution in [1.29, 1.82) is 0 Å². The molecule has 156 valence electrons. The highest BCUT2D eigenvalue weighted by Crippen LogP contribution is 2.35. The summed E-state index contributed by atoms with van der Waals surface area (Å²) in [6, 6.07) is 15.7. The van der Waals surface area contributed by atoms with Gasteiger partial charge in [0, 0.05) is 16.8 Å². The first-order valence-electron chi connectivity index (χ1n) is 9.42. The fourth-order valence-electron chi connectivity index (χ4n) is 2.90. The lowest BCUT2D eigenvalue weighted by Crippen LogP contribution is -2.20. The highest BCUT2D eigenvalue weighted by Gasteiger charge is 2.20. The fraction of sp³-hybridized carbons (Fsp3) is 0.217. The summed E-state index contributed by atoms with van der Waals surface area (Å²) in [4.78, 5) is 16.9. The number of ether oxygens (including phenoxy) is 2. The molecule has 0 atom stereocenters. The summed E-state index contributed by atoms with van der Waals surface area (Å²) in [5.74, 6) is 1.47. The predicted octanol–water partition coefficient (Wildman–Crippen LogP) is 6.48. The molecule has 1 heterocycles. The zero-order valence-electron chi connectivity index (χ0n) is 17.3. The highest BCUT2D eigenvalue weighted by atomic mass is 35.5. The lowest BCUT2D eigenvalue weighted by atomic mass is 9.86. The zero-order chi connectivity index (χ0) is 21.7. The van der Waals surface area contributed by atoms with Crippen LogP contribution in [0, 0.1) is 0 Å². The molecule has 0 aliphatic carbocycles. The largest absolute Gasteiger partial charge is 0.495 e. The average Bonchev–Trinajstić information content (AvgIpc) is 2.69. The van der Waals surface area contributed by atoms with E-state index in [-0.39, 0.29) is 5.41 Å². The molecule has 0 aliphatic heterocycles. The van der Waals surface area contributed by atoms with Crippen LogP contribution in [-0.4, -0.2) is 18.1 Å². The number of methoxy groups -OCH3 is 1. The van der Waals surface area contributed by atoms with E-state index in [1.807, 2.05) is 24.3 Å². The van der Waals surface area contributed by atoms with Crippen molar-refractivity contribution in [3.05, 3.63) is 71.4 Å². The van der Waals surface area contributed by atoms with Crippen LogP contribution in [0.3, 0.4) is 0 Å². The number of urea groups is 1. The van der Waals surface area contributed by atoms with Gasteiger partial charge in [0.15, 0.2) is 0 Å². The highest BCUT2D eigenvalue weighted by molar-refractivity contribution is 6.31. The van der Waals surface area contributed by atoms with E-state index in [9.17, 15) is 4.79 Å². The fourth-order valence-corrected chi connectivity index (χ4v) is 3.07. The Morgan fingerprint density at radius 1 is 0.967 bits per heavy atom. The molecular formula is C23H24ClN3O3. The van der Waals surface area contributed by atoms with Crippen LogP contribution < -0.4 is 20.1 Å². The quantitative estimate of drug-likeness (QED) is 0.490. The molecule has 0 aliphatic rings. The van der Waals surface area contributed by atoms with Crippen LogP contribution in [0.1, 0.15) is 26.3 Å². The minimum Gasteiger partial charge on any atom is -0.495 e. The van der Waals surface area contributed by atoms with Gasteiger partial charge in [0.1, 0.15) is 17.2 Å². The Morgan fingerprint density at radius 2 is 1.70 bits per heavy atom. The molecular weight excluding hydrogens is 402 g/mol. The molecule has 30 heavy (non-hydrogen) atoms. The third kappa shape index (κ3) is 5.21. The number of para-hydroxylation sites is 1. The number of hydrogen-bond donors (Lipinski definition) is 2. The minimum atomic E-state index is -0.475. The molecule has 0 fully saturated rings. The molecule has 0 spiro atoms. The SMILES string of the molecule is COc1ccc(Cl)cc1NC(=O)Nc1cccnc1Oc1ccccc1C(C)(C)C. The Hall–Kier alpha value is -3.25. The standard InChI is InChI=1S/C23H24ClN3O3/c1-23(2,3)16-8-5-6-10-19(16)30-21-17(9-7-13-25-21)26-22(28)27-18-14-15(24)11-12-20(18)29-4/h5-14H,1-4H3,(H2,26,27,28). The van der Waals surface area contributed by atoms with Crippen molar-refractivity contribution < 1.29 is 14.3 Å². The van der Waals surface area contributed by atoms with Crippen LogP contribution in [0.25, 0.3) is 0 Å². The normalized spacial score (nSPS) is 11.0. The van der Waals surface area contributed by atoms with Crippen LogP contribution in [0.2, 0.25) is 5.02 Å². The molecule has 2 aromatic carbocycles. The number of anilines is 2. The van der Waals surface area contributed by atoms with Crippen molar-refractivity contribution in [2.45, 2.75) is 26.2 Å². The number of carbonyl (C=O) groups is 1. The molecule has 6 nitrogen and oxygen atoms in total. The first-order valence-corrected chi connectivity index (χ1v) is 9.79. The van der Waals surface area contributed by atoms with Crippen molar-refractivity contribution >= 4 is 29.0 Å². The third-order valence-corrected chi connectivity index (χ3v) is 4.57. The maximum Gasteiger partial charge on any atom is 0.323 e. The maximum atomic E-state index is 12.6. The Morgan fingerprint density at radius 3 is 2.43 bits per heavy atom. The number of nitrogens with zero attached hydrogens (tertiary/aromatic N) is 1. The Labute approximate surface area is 181 Å². The molecule has 2 amide bonds. The van der Waals surface area contributed by atoms with Crippen molar-refractivity contribution in [2.24, 2.45) is 0 Å². The van der Waals surface area contributed by atoms with E-state index in [0.717, 1.165) is 5.56 Å². The van der Waals surface area contributed by atoms with Crippen molar-refractivity contribution in [3.8, 4) is 17.4 Å². The molecule has 0 bridgehead atoms. The van der Waals surface area contributed by atoms with Gasteiger partial charge in [-0.05, 0) is 41.8 Å². The van der Waals surface area contributed by atoms with E-state index in [4.69, 9.17) is 21.1 Å². The van der Waals surface area contributed by atoms with Gasteiger partial charge >= 0.3 is 6.03 Å². The smallest absolute Gasteiger partial charge is 0.323 e. The van der Waals surface area contributed by atoms with E-state index in [0.29, 0.717) is 33.8 Å². The van der Waals surface area contributed by atoms with E-state index < -0.39 is 6.03 Å². The van der Waals surface area contributed by atoms with Crippen LogP contribution in [0.15, 0.2) is 60.8 Å². The van der Waals surface area contributed by atoms with Gasteiger partial charge in [0.2, 0.25) is 5.88 Å². The monoisotopic (exact) mass is 425 g/mol. The number of aromatic nitrogens is 1. The third-order valence-electron chi connectivity index (χ3n) is 4.33. The summed E-state index contributed by atoms with van der Waals surface area (Å²) in [5.41, 5.74) is 1.81. The summed E-state index contributed by atoms with van der Waals surface area (Å²) < 4.78 is 11.3. The molecule has 0 radical (unpaired) electrons. The zero-order valence-corrected chi connectivity index (χ0v) is 18.1. The van der Waals surface area contributed by atoms with Gasteiger partial charge in [-0.15, -0.1) is 0 Å². The van der Waals surface area contributed by atoms with Crippen LogP contribution in [-0.2, 0) is 5.41 Å². The second-order valence-corrected chi connectivity index (χ2v) is 8.06. The summed E-state index contributed by atoms with van der Waals surface area (Å²) in [6.45, 7) is 6.33. The molecule has 1 aromatic heterocycles. The van der Waals surface area contributed by atoms with Crippen LogP contribution >= 0.6 is 11.6 Å². The van der Waals surface area contributed by atoms with Gasteiger partial charge in [-0.2, -0.15) is 0 Å². The van der Waals surface area contributed by atoms with E-state index in [1.165, 1.54) is 7.11 Å². The minimum absolute atomic E-state index is 0.112. The summed E-state index contributed by atoms with van der Waals surface area (Å²) in [7, 11) is 1.52. The second-order valence-electron chi connectivity index (χ2n) is 7.63. The molecule has 3 aromatic rings.